The standard InChI is InChI=1S/C15H25N3O2/c1-17(2)9-12-7-13(19)10-18(12)8-11-4-5-15(20-3)14(16)6-11/h4-6,12-13,19H,7-10,16H2,1-3H3. The van der Waals surface area contributed by atoms with Crippen molar-refractivity contribution in [1.29, 1.82) is 0 Å². The number of aliphatic hydroxyl groups excluding tert-OH is 1. The highest BCUT2D eigenvalue weighted by Crippen LogP contribution is 2.25. The molecule has 1 aromatic rings. The summed E-state index contributed by atoms with van der Waals surface area (Å²) < 4.78 is 5.18. The van der Waals surface area contributed by atoms with E-state index in [2.05, 4.69) is 23.9 Å². The third kappa shape index (κ3) is 3.62. The lowest BCUT2D eigenvalue weighted by atomic mass is 10.1. The van der Waals surface area contributed by atoms with Crippen molar-refractivity contribution in [3.63, 3.8) is 0 Å². The molecule has 2 atom stereocenters. The molecule has 0 aromatic heterocycles. The third-order valence-corrected chi connectivity index (χ3v) is 3.76. The lowest BCUT2D eigenvalue weighted by Gasteiger charge is -2.26. The number of methoxy groups -OCH3 is 1. The molecule has 0 spiro atoms. The Hall–Kier alpha value is -1.30. The number of β-amino-alcohol motifs (C(OH)–C–C–N with tert-alkyl or cyclic N) is 1. The van der Waals surface area contributed by atoms with Crippen LogP contribution in [0, 0.1) is 0 Å². The molecule has 1 heterocycles. The zero-order valence-electron chi connectivity index (χ0n) is 12.5. The molecule has 20 heavy (non-hydrogen) atoms. The van der Waals surface area contributed by atoms with Crippen molar-refractivity contribution in [3.8, 4) is 5.75 Å². The number of likely N-dealkylation sites (tertiary alicyclic amines) is 1. The molecule has 1 aliphatic heterocycles. The Kier molecular flexibility index (Phi) is 4.86. The molecule has 5 nitrogen and oxygen atoms in total. The van der Waals surface area contributed by atoms with E-state index in [1.165, 1.54) is 0 Å². The average Bonchev–Trinajstić information content (AvgIpc) is 2.68. The zero-order valence-corrected chi connectivity index (χ0v) is 12.5. The van der Waals surface area contributed by atoms with E-state index < -0.39 is 0 Å². The highest BCUT2D eigenvalue weighted by atomic mass is 16.5. The Labute approximate surface area is 120 Å². The smallest absolute Gasteiger partial charge is 0.141 e. The van der Waals surface area contributed by atoms with Gasteiger partial charge < -0.3 is 20.5 Å². The first-order valence-corrected chi connectivity index (χ1v) is 6.99. The van der Waals surface area contributed by atoms with Crippen molar-refractivity contribution in [2.24, 2.45) is 0 Å². The maximum Gasteiger partial charge on any atom is 0.141 e. The van der Waals surface area contributed by atoms with Gasteiger partial charge in [0, 0.05) is 25.7 Å². The van der Waals surface area contributed by atoms with Gasteiger partial charge in [-0.05, 0) is 38.2 Å². The number of hydrogen-bond acceptors (Lipinski definition) is 5. The number of aliphatic hydroxyl groups is 1. The highest BCUT2D eigenvalue weighted by Gasteiger charge is 2.31. The lowest BCUT2D eigenvalue weighted by Crippen LogP contribution is -2.37. The first-order valence-electron chi connectivity index (χ1n) is 6.99. The number of rotatable bonds is 5. The maximum absolute atomic E-state index is 9.89. The fourth-order valence-electron chi connectivity index (χ4n) is 2.88. The van der Waals surface area contributed by atoms with Gasteiger partial charge in [0.05, 0.1) is 18.9 Å². The summed E-state index contributed by atoms with van der Waals surface area (Å²) in [4.78, 5) is 4.49. The van der Waals surface area contributed by atoms with Gasteiger partial charge in [-0.3, -0.25) is 4.90 Å². The number of nitrogens with two attached hydrogens (primary N) is 1. The second-order valence-electron chi connectivity index (χ2n) is 5.81. The fraction of sp³-hybridized carbons (Fsp3) is 0.600. The van der Waals surface area contributed by atoms with Gasteiger partial charge in [-0.1, -0.05) is 6.07 Å². The van der Waals surface area contributed by atoms with Crippen molar-refractivity contribution in [1.82, 2.24) is 9.80 Å². The van der Waals surface area contributed by atoms with E-state index in [9.17, 15) is 5.11 Å². The minimum Gasteiger partial charge on any atom is -0.495 e. The van der Waals surface area contributed by atoms with Crippen LogP contribution in [0.1, 0.15) is 12.0 Å². The Morgan fingerprint density at radius 1 is 1.45 bits per heavy atom. The SMILES string of the molecule is COc1ccc(CN2CC(O)CC2CN(C)C)cc1N. The van der Waals surface area contributed by atoms with E-state index in [-0.39, 0.29) is 6.10 Å². The highest BCUT2D eigenvalue weighted by molar-refractivity contribution is 5.54. The summed E-state index contributed by atoms with van der Waals surface area (Å²) in [6, 6.07) is 6.28. The van der Waals surface area contributed by atoms with Gasteiger partial charge in [0.15, 0.2) is 0 Å². The maximum atomic E-state index is 9.89. The van der Waals surface area contributed by atoms with Gasteiger partial charge in [0.2, 0.25) is 0 Å². The van der Waals surface area contributed by atoms with Crippen LogP contribution in [0.4, 0.5) is 5.69 Å². The van der Waals surface area contributed by atoms with Crippen molar-refractivity contribution in [2.75, 3.05) is 40.0 Å². The van der Waals surface area contributed by atoms with E-state index in [0.717, 1.165) is 31.6 Å². The van der Waals surface area contributed by atoms with Crippen LogP contribution in [0.3, 0.4) is 0 Å². The number of hydrogen-bond donors (Lipinski definition) is 2. The summed E-state index contributed by atoms with van der Waals surface area (Å²) in [5, 5.41) is 9.89. The fourth-order valence-corrected chi connectivity index (χ4v) is 2.88. The second-order valence-corrected chi connectivity index (χ2v) is 5.81. The minimum absolute atomic E-state index is 0.226. The van der Waals surface area contributed by atoms with E-state index in [0.29, 0.717) is 17.5 Å². The number of benzene rings is 1. The van der Waals surface area contributed by atoms with Gasteiger partial charge in [0.1, 0.15) is 5.75 Å². The summed E-state index contributed by atoms with van der Waals surface area (Å²) >= 11 is 0. The van der Waals surface area contributed by atoms with Gasteiger partial charge >= 0.3 is 0 Å². The number of anilines is 1. The summed E-state index contributed by atoms with van der Waals surface area (Å²) in [6.45, 7) is 2.50. The number of nitrogens with zero attached hydrogens (tertiary/aromatic N) is 2. The Bertz CT molecular complexity index is 451. The van der Waals surface area contributed by atoms with Crippen LogP contribution in [-0.4, -0.2) is 61.3 Å². The molecule has 0 aliphatic carbocycles. The molecule has 1 saturated heterocycles. The predicted molar refractivity (Wildman–Crippen MR) is 80.8 cm³/mol. The van der Waals surface area contributed by atoms with Crippen LogP contribution in [0.25, 0.3) is 0 Å². The Morgan fingerprint density at radius 3 is 2.80 bits per heavy atom. The molecule has 1 aliphatic rings. The Morgan fingerprint density at radius 2 is 2.20 bits per heavy atom. The molecule has 0 radical (unpaired) electrons. The molecule has 3 N–H and O–H groups in total. The molecule has 1 fully saturated rings. The van der Waals surface area contributed by atoms with E-state index in [1.54, 1.807) is 7.11 Å². The third-order valence-electron chi connectivity index (χ3n) is 3.76. The molecule has 1 aromatic carbocycles. The van der Waals surface area contributed by atoms with Crippen LogP contribution in [0.15, 0.2) is 18.2 Å². The molecule has 0 saturated carbocycles. The normalized spacial score (nSPS) is 23.4. The molecule has 0 bridgehead atoms. The van der Waals surface area contributed by atoms with E-state index in [4.69, 9.17) is 10.5 Å². The summed E-state index contributed by atoms with van der Waals surface area (Å²) in [5.41, 5.74) is 7.76. The predicted octanol–water partition coefficient (Wildman–Crippen LogP) is 0.774. The van der Waals surface area contributed by atoms with E-state index in [1.807, 2.05) is 18.2 Å². The second kappa shape index (κ2) is 6.43. The van der Waals surface area contributed by atoms with Gasteiger partial charge in [-0.15, -0.1) is 0 Å². The quantitative estimate of drug-likeness (QED) is 0.780. The van der Waals surface area contributed by atoms with Gasteiger partial charge in [-0.2, -0.15) is 0 Å². The van der Waals surface area contributed by atoms with Crippen molar-refractivity contribution in [2.45, 2.75) is 25.1 Å². The van der Waals surface area contributed by atoms with Crippen molar-refractivity contribution < 1.29 is 9.84 Å². The van der Waals surface area contributed by atoms with Gasteiger partial charge in [0.25, 0.3) is 0 Å². The molecule has 2 unspecified atom stereocenters. The van der Waals surface area contributed by atoms with Crippen LogP contribution in [-0.2, 0) is 6.54 Å². The largest absolute Gasteiger partial charge is 0.495 e. The molecular formula is C15H25N3O2. The van der Waals surface area contributed by atoms with E-state index >= 15 is 0 Å². The molecule has 0 amide bonds. The van der Waals surface area contributed by atoms with Crippen molar-refractivity contribution in [3.05, 3.63) is 23.8 Å². The summed E-state index contributed by atoms with van der Waals surface area (Å²) in [7, 11) is 5.75. The molecule has 112 valence electrons. The van der Waals surface area contributed by atoms with Crippen LogP contribution < -0.4 is 10.5 Å². The number of nitrogen functional groups attached to an aromatic ring is 1. The Balaban J connectivity index is 2.05. The lowest BCUT2D eigenvalue weighted by molar-refractivity contribution is 0.169. The first kappa shape index (κ1) is 15.1. The zero-order chi connectivity index (χ0) is 14.7. The monoisotopic (exact) mass is 279 g/mol. The number of likely N-dealkylation sites (N-methyl/N-ethyl adjacent to an activating group) is 1. The molecular weight excluding hydrogens is 254 g/mol. The van der Waals surface area contributed by atoms with Crippen molar-refractivity contribution >= 4 is 5.69 Å². The average molecular weight is 279 g/mol. The van der Waals surface area contributed by atoms with Crippen LogP contribution in [0.2, 0.25) is 0 Å². The summed E-state index contributed by atoms with van der Waals surface area (Å²) in [5.74, 6) is 0.708. The van der Waals surface area contributed by atoms with Crippen LogP contribution >= 0.6 is 0 Å². The first-order chi connectivity index (χ1) is 9.49. The minimum atomic E-state index is -0.226. The summed E-state index contributed by atoms with van der Waals surface area (Å²) in [6.07, 6.45) is 0.611. The van der Waals surface area contributed by atoms with Gasteiger partial charge in [-0.25, -0.2) is 0 Å². The topological polar surface area (TPSA) is 62.0 Å². The number of ether oxygens (including phenoxy) is 1. The molecule has 5 heteroatoms. The molecule has 2 rings (SSSR count). The van der Waals surface area contributed by atoms with Crippen LogP contribution in [0.5, 0.6) is 5.75 Å².